The van der Waals surface area contributed by atoms with Crippen LogP contribution < -0.4 is 5.32 Å². The van der Waals surface area contributed by atoms with E-state index in [1.165, 1.54) is 6.42 Å². The van der Waals surface area contributed by atoms with Crippen LogP contribution in [0.15, 0.2) is 24.3 Å². The van der Waals surface area contributed by atoms with Crippen LogP contribution >= 0.6 is 0 Å². The van der Waals surface area contributed by atoms with Gasteiger partial charge in [-0.25, -0.2) is 0 Å². The second-order valence-electron chi connectivity index (χ2n) is 5.07. The Morgan fingerprint density at radius 1 is 1.24 bits per heavy atom. The van der Waals surface area contributed by atoms with Crippen LogP contribution in [-0.4, -0.2) is 5.91 Å². The third-order valence-electron chi connectivity index (χ3n) is 3.92. The highest BCUT2D eigenvalue weighted by atomic mass is 16.1. The molecule has 3 heteroatoms. The van der Waals surface area contributed by atoms with Crippen LogP contribution in [0.25, 0.3) is 0 Å². The summed E-state index contributed by atoms with van der Waals surface area (Å²) >= 11 is 0. The first kappa shape index (κ1) is 10.3. The van der Waals surface area contributed by atoms with E-state index in [9.17, 15) is 4.79 Å². The summed E-state index contributed by atoms with van der Waals surface area (Å²) in [6, 6.07) is 9.24. The van der Waals surface area contributed by atoms with Gasteiger partial charge in [-0.1, -0.05) is 12.1 Å². The summed E-state index contributed by atoms with van der Waals surface area (Å²) in [6.07, 6.45) is 3.38. The predicted molar refractivity (Wildman–Crippen MR) is 64.1 cm³/mol. The first-order chi connectivity index (χ1) is 8.28. The number of nitrogens with zero attached hydrogens (tertiary/aromatic N) is 1. The van der Waals surface area contributed by atoms with Crippen molar-refractivity contribution in [2.24, 2.45) is 17.8 Å². The molecule has 1 aromatic carbocycles. The molecule has 0 radical (unpaired) electrons. The van der Waals surface area contributed by atoms with Crippen LogP contribution in [-0.2, 0) is 4.79 Å². The number of para-hydroxylation sites is 1. The maximum absolute atomic E-state index is 12.0. The van der Waals surface area contributed by atoms with Crippen LogP contribution in [0.3, 0.4) is 0 Å². The minimum Gasteiger partial charge on any atom is -0.325 e. The van der Waals surface area contributed by atoms with Gasteiger partial charge in [-0.15, -0.1) is 0 Å². The van der Waals surface area contributed by atoms with Crippen molar-refractivity contribution in [2.45, 2.75) is 19.3 Å². The smallest absolute Gasteiger partial charge is 0.227 e. The van der Waals surface area contributed by atoms with Gasteiger partial charge in [-0.3, -0.25) is 4.79 Å². The maximum Gasteiger partial charge on any atom is 0.227 e. The Hall–Kier alpha value is -1.82. The monoisotopic (exact) mass is 226 g/mol. The van der Waals surface area contributed by atoms with Crippen molar-refractivity contribution in [3.05, 3.63) is 29.8 Å². The van der Waals surface area contributed by atoms with E-state index in [-0.39, 0.29) is 11.8 Å². The topological polar surface area (TPSA) is 52.9 Å². The molecule has 2 unspecified atom stereocenters. The summed E-state index contributed by atoms with van der Waals surface area (Å²) in [6.45, 7) is 0. The van der Waals surface area contributed by atoms with E-state index in [0.717, 1.165) is 24.7 Å². The second kappa shape index (κ2) is 3.89. The molecule has 2 aliphatic rings. The SMILES string of the molecule is N#Cc1ccccc1NC(=O)C1CC2CC2C1. The van der Waals surface area contributed by atoms with Crippen molar-refractivity contribution in [2.75, 3.05) is 5.32 Å². The predicted octanol–water partition coefficient (Wildman–Crippen LogP) is 2.54. The number of nitriles is 1. The minimum absolute atomic E-state index is 0.0832. The molecule has 17 heavy (non-hydrogen) atoms. The Balaban J connectivity index is 1.70. The molecule has 3 nitrogen and oxygen atoms in total. The van der Waals surface area contributed by atoms with Crippen molar-refractivity contribution in [3.8, 4) is 6.07 Å². The molecule has 1 aromatic rings. The molecule has 2 atom stereocenters. The molecule has 3 rings (SSSR count). The average molecular weight is 226 g/mol. The summed E-state index contributed by atoms with van der Waals surface area (Å²) in [7, 11) is 0. The summed E-state index contributed by atoms with van der Waals surface area (Å²) < 4.78 is 0. The molecule has 0 saturated heterocycles. The fraction of sp³-hybridized carbons (Fsp3) is 0.429. The lowest BCUT2D eigenvalue weighted by Crippen LogP contribution is -2.22. The quantitative estimate of drug-likeness (QED) is 0.842. The van der Waals surface area contributed by atoms with Gasteiger partial charge in [0.15, 0.2) is 0 Å². The summed E-state index contributed by atoms with van der Waals surface area (Å²) in [5, 5.41) is 11.8. The second-order valence-corrected chi connectivity index (χ2v) is 5.07. The number of anilines is 1. The zero-order valence-corrected chi connectivity index (χ0v) is 9.52. The number of rotatable bonds is 2. The Bertz CT molecular complexity index is 493. The number of nitrogens with one attached hydrogen (secondary N) is 1. The van der Waals surface area contributed by atoms with E-state index in [1.807, 2.05) is 6.07 Å². The van der Waals surface area contributed by atoms with Gasteiger partial charge in [0.05, 0.1) is 11.3 Å². The molecule has 86 valence electrons. The van der Waals surface area contributed by atoms with Crippen molar-refractivity contribution < 1.29 is 4.79 Å². The molecule has 2 aliphatic carbocycles. The molecular formula is C14H14N2O. The Morgan fingerprint density at radius 2 is 1.94 bits per heavy atom. The Morgan fingerprint density at radius 3 is 2.65 bits per heavy atom. The normalized spacial score (nSPS) is 29.2. The Labute approximate surface area is 100 Å². The van der Waals surface area contributed by atoms with E-state index < -0.39 is 0 Å². The van der Waals surface area contributed by atoms with E-state index in [2.05, 4.69) is 11.4 Å². The van der Waals surface area contributed by atoms with E-state index >= 15 is 0 Å². The van der Waals surface area contributed by atoms with Gasteiger partial charge in [-0.05, 0) is 43.2 Å². The zero-order valence-electron chi connectivity index (χ0n) is 9.52. The largest absolute Gasteiger partial charge is 0.325 e. The minimum atomic E-state index is 0.0832. The lowest BCUT2D eigenvalue weighted by molar-refractivity contribution is -0.120. The van der Waals surface area contributed by atoms with Crippen LogP contribution in [0, 0.1) is 29.1 Å². The third-order valence-corrected chi connectivity index (χ3v) is 3.92. The highest BCUT2D eigenvalue weighted by Crippen LogP contribution is 2.54. The molecule has 0 heterocycles. The van der Waals surface area contributed by atoms with Gasteiger partial charge in [0.2, 0.25) is 5.91 Å². The highest BCUT2D eigenvalue weighted by Gasteiger charge is 2.47. The number of hydrogen-bond acceptors (Lipinski definition) is 2. The van der Waals surface area contributed by atoms with Crippen LogP contribution in [0.2, 0.25) is 0 Å². The zero-order chi connectivity index (χ0) is 11.8. The lowest BCUT2D eigenvalue weighted by atomic mass is 10.0. The molecule has 1 amide bonds. The molecule has 0 aromatic heterocycles. The van der Waals surface area contributed by atoms with Crippen LogP contribution in [0.1, 0.15) is 24.8 Å². The van der Waals surface area contributed by atoms with Crippen molar-refractivity contribution in [1.29, 1.82) is 5.26 Å². The summed E-state index contributed by atoms with van der Waals surface area (Å²) in [5.41, 5.74) is 1.17. The molecule has 1 N–H and O–H groups in total. The molecule has 0 bridgehead atoms. The molecule has 2 fully saturated rings. The van der Waals surface area contributed by atoms with Crippen molar-refractivity contribution in [3.63, 3.8) is 0 Å². The molecule has 2 saturated carbocycles. The number of benzene rings is 1. The summed E-state index contributed by atoms with van der Waals surface area (Å²) in [4.78, 5) is 12.0. The average Bonchev–Trinajstić information content (AvgIpc) is 2.96. The van der Waals surface area contributed by atoms with E-state index in [1.54, 1.807) is 18.2 Å². The fourth-order valence-corrected chi connectivity index (χ4v) is 2.85. The highest BCUT2D eigenvalue weighted by molar-refractivity contribution is 5.94. The van der Waals surface area contributed by atoms with Crippen LogP contribution in [0.4, 0.5) is 5.69 Å². The number of carbonyl (C=O) groups is 1. The van der Waals surface area contributed by atoms with Gasteiger partial charge < -0.3 is 5.32 Å². The first-order valence-corrected chi connectivity index (χ1v) is 6.08. The van der Waals surface area contributed by atoms with Gasteiger partial charge in [0, 0.05) is 5.92 Å². The fourth-order valence-electron chi connectivity index (χ4n) is 2.85. The number of fused-ring (bicyclic) bond motifs is 1. The van der Waals surface area contributed by atoms with Crippen molar-refractivity contribution in [1.82, 2.24) is 0 Å². The van der Waals surface area contributed by atoms with Crippen molar-refractivity contribution >= 4 is 11.6 Å². The number of amides is 1. The van der Waals surface area contributed by atoms with Gasteiger partial charge >= 0.3 is 0 Å². The van der Waals surface area contributed by atoms with Crippen LogP contribution in [0.5, 0.6) is 0 Å². The molecule has 0 aliphatic heterocycles. The third kappa shape index (κ3) is 1.91. The number of carbonyl (C=O) groups excluding carboxylic acids is 1. The van der Waals surface area contributed by atoms with E-state index in [0.29, 0.717) is 11.3 Å². The number of hydrogen-bond donors (Lipinski definition) is 1. The molecular weight excluding hydrogens is 212 g/mol. The molecule has 0 spiro atoms. The van der Waals surface area contributed by atoms with Gasteiger partial charge in [0.25, 0.3) is 0 Å². The lowest BCUT2D eigenvalue weighted by Gasteiger charge is -2.12. The first-order valence-electron chi connectivity index (χ1n) is 6.08. The van der Waals surface area contributed by atoms with E-state index in [4.69, 9.17) is 5.26 Å². The summed E-state index contributed by atoms with van der Waals surface area (Å²) in [5.74, 6) is 1.85. The van der Waals surface area contributed by atoms with Gasteiger partial charge in [-0.2, -0.15) is 5.26 Å². The van der Waals surface area contributed by atoms with Gasteiger partial charge in [0.1, 0.15) is 6.07 Å². The maximum atomic E-state index is 12.0. The standard InChI is InChI=1S/C14H14N2O/c15-8-9-3-1-2-4-13(9)16-14(17)12-6-10-5-11(10)7-12/h1-4,10-12H,5-7H2,(H,16,17). The Kier molecular flexibility index (Phi) is 2.36.